The molecular weight excluding hydrogens is 601 g/mol. The summed E-state index contributed by atoms with van der Waals surface area (Å²) < 4.78 is 0. The molecule has 0 nitrogen and oxygen atoms in total. The Balaban J connectivity index is 1.39. The van der Waals surface area contributed by atoms with E-state index in [1.807, 2.05) is 0 Å². The fraction of sp³-hybridized carbons (Fsp3) is 0. The van der Waals surface area contributed by atoms with Crippen molar-refractivity contribution in [2.24, 2.45) is 0 Å². The summed E-state index contributed by atoms with van der Waals surface area (Å²) in [6, 6.07) is 71.4. The molecule has 10 aromatic rings. The first-order valence-electron chi connectivity index (χ1n) is 17.4. The Hall–Kier alpha value is -6.50. The quantitative estimate of drug-likeness (QED) is 0.134. The van der Waals surface area contributed by atoms with E-state index in [0.29, 0.717) is 0 Å². The SMILES string of the molecule is c1ccc(-c2ccccc2-c2c3ccccc3c(-c3cc4ccccc4c4ccccc34)c3ccc(-c4cccc5ccccc45)cc23)cc1. The molecule has 0 unspecified atom stereocenters. The van der Waals surface area contributed by atoms with Crippen LogP contribution in [0, 0.1) is 0 Å². The summed E-state index contributed by atoms with van der Waals surface area (Å²) in [5.41, 5.74) is 9.98. The van der Waals surface area contributed by atoms with Crippen LogP contribution in [0.25, 0.3) is 98.4 Å². The molecule has 0 radical (unpaired) electrons. The summed E-state index contributed by atoms with van der Waals surface area (Å²) in [5.74, 6) is 0. The molecule has 0 bridgehead atoms. The van der Waals surface area contributed by atoms with E-state index in [2.05, 4.69) is 194 Å². The molecule has 0 atom stereocenters. The Morgan fingerprint density at radius 2 is 0.720 bits per heavy atom. The highest BCUT2D eigenvalue weighted by atomic mass is 14.2. The van der Waals surface area contributed by atoms with E-state index in [4.69, 9.17) is 0 Å². The maximum Gasteiger partial charge on any atom is -0.00199 e. The van der Waals surface area contributed by atoms with E-state index in [1.165, 1.54) is 98.4 Å². The molecule has 232 valence electrons. The van der Waals surface area contributed by atoms with Crippen molar-refractivity contribution >= 4 is 53.9 Å². The first kappa shape index (κ1) is 28.5. The highest BCUT2D eigenvalue weighted by Crippen LogP contribution is 2.49. The molecule has 10 aromatic carbocycles. The number of hydrogen-bond donors (Lipinski definition) is 0. The van der Waals surface area contributed by atoms with Crippen molar-refractivity contribution in [2.45, 2.75) is 0 Å². The van der Waals surface area contributed by atoms with Gasteiger partial charge in [0.1, 0.15) is 0 Å². The average molecular weight is 633 g/mol. The zero-order valence-corrected chi connectivity index (χ0v) is 27.5. The summed E-state index contributed by atoms with van der Waals surface area (Å²) in [6.07, 6.45) is 0. The van der Waals surface area contributed by atoms with Crippen molar-refractivity contribution in [3.8, 4) is 44.5 Å². The summed E-state index contributed by atoms with van der Waals surface area (Å²) in [5, 5.41) is 12.6. The second-order valence-electron chi connectivity index (χ2n) is 13.2. The van der Waals surface area contributed by atoms with Crippen LogP contribution in [0.2, 0.25) is 0 Å². The normalized spacial score (nSPS) is 11.6. The molecule has 0 saturated carbocycles. The molecule has 0 N–H and O–H groups in total. The molecule has 0 aliphatic heterocycles. The van der Waals surface area contributed by atoms with Crippen LogP contribution in [-0.2, 0) is 0 Å². The highest BCUT2D eigenvalue weighted by Gasteiger charge is 2.21. The molecule has 0 fully saturated rings. The lowest BCUT2D eigenvalue weighted by atomic mass is 9.81. The van der Waals surface area contributed by atoms with Gasteiger partial charge in [0.25, 0.3) is 0 Å². The third-order valence-electron chi connectivity index (χ3n) is 10.4. The third-order valence-corrected chi connectivity index (χ3v) is 10.4. The number of fused-ring (bicyclic) bond motifs is 6. The van der Waals surface area contributed by atoms with Crippen LogP contribution in [-0.4, -0.2) is 0 Å². The van der Waals surface area contributed by atoms with Gasteiger partial charge in [-0.2, -0.15) is 0 Å². The van der Waals surface area contributed by atoms with Gasteiger partial charge in [-0.15, -0.1) is 0 Å². The zero-order valence-electron chi connectivity index (χ0n) is 27.5. The Labute approximate surface area is 291 Å². The second-order valence-corrected chi connectivity index (χ2v) is 13.2. The lowest BCUT2D eigenvalue weighted by Crippen LogP contribution is -1.94. The fourth-order valence-corrected chi connectivity index (χ4v) is 8.24. The standard InChI is InChI=1S/C50H32/c1-2-15-33(16-3-1)38-21-8-11-25-43(38)49-44-26-12-13-27-45(44)50(47-31-35-18-5-7-22-40(35)41-23-9-10-24-42(41)47)46-30-29-36(32-48(46)49)39-28-14-19-34-17-4-6-20-37(34)39/h1-32H. The van der Waals surface area contributed by atoms with Gasteiger partial charge in [-0.1, -0.05) is 182 Å². The Kier molecular flexibility index (Phi) is 6.60. The van der Waals surface area contributed by atoms with Crippen LogP contribution in [0.1, 0.15) is 0 Å². The molecule has 0 aliphatic carbocycles. The van der Waals surface area contributed by atoms with E-state index in [9.17, 15) is 0 Å². The minimum absolute atomic E-state index is 1.22. The minimum Gasteiger partial charge on any atom is -0.0622 e. The average Bonchev–Trinajstić information content (AvgIpc) is 3.19. The predicted octanol–water partition coefficient (Wildman–Crippen LogP) is 14.1. The predicted molar refractivity (Wildman–Crippen MR) is 216 cm³/mol. The number of rotatable bonds is 4. The molecule has 10 rings (SSSR count). The molecule has 0 saturated heterocycles. The minimum atomic E-state index is 1.22. The van der Waals surface area contributed by atoms with Crippen LogP contribution >= 0.6 is 0 Å². The Morgan fingerprint density at radius 1 is 0.200 bits per heavy atom. The summed E-state index contributed by atoms with van der Waals surface area (Å²) >= 11 is 0. The molecular formula is C50H32. The topological polar surface area (TPSA) is 0 Å². The van der Waals surface area contributed by atoms with E-state index in [1.54, 1.807) is 0 Å². The van der Waals surface area contributed by atoms with Gasteiger partial charge < -0.3 is 0 Å². The molecule has 0 aromatic heterocycles. The lowest BCUT2D eigenvalue weighted by Gasteiger charge is -2.22. The second kappa shape index (κ2) is 11.6. The summed E-state index contributed by atoms with van der Waals surface area (Å²) in [4.78, 5) is 0. The highest BCUT2D eigenvalue weighted by molar-refractivity contribution is 6.26. The van der Waals surface area contributed by atoms with Gasteiger partial charge >= 0.3 is 0 Å². The van der Waals surface area contributed by atoms with E-state index in [-0.39, 0.29) is 0 Å². The lowest BCUT2D eigenvalue weighted by molar-refractivity contribution is 1.61. The van der Waals surface area contributed by atoms with Crippen LogP contribution < -0.4 is 0 Å². The zero-order chi connectivity index (χ0) is 33.0. The smallest absolute Gasteiger partial charge is 0.00199 e. The number of benzene rings is 10. The first-order chi connectivity index (χ1) is 24.8. The van der Waals surface area contributed by atoms with Gasteiger partial charge in [-0.3, -0.25) is 0 Å². The van der Waals surface area contributed by atoms with Crippen LogP contribution in [0.4, 0.5) is 0 Å². The maximum atomic E-state index is 2.45. The van der Waals surface area contributed by atoms with Gasteiger partial charge in [0.05, 0.1) is 0 Å². The van der Waals surface area contributed by atoms with Crippen LogP contribution in [0.5, 0.6) is 0 Å². The summed E-state index contributed by atoms with van der Waals surface area (Å²) in [6.45, 7) is 0. The molecule has 0 spiro atoms. The third kappa shape index (κ3) is 4.46. The van der Waals surface area contributed by atoms with Gasteiger partial charge in [0.2, 0.25) is 0 Å². The molecule has 0 heterocycles. The fourth-order valence-electron chi connectivity index (χ4n) is 8.24. The van der Waals surface area contributed by atoms with Crippen molar-refractivity contribution in [3.05, 3.63) is 194 Å². The number of hydrogen-bond acceptors (Lipinski definition) is 0. The Morgan fingerprint density at radius 3 is 1.50 bits per heavy atom. The van der Waals surface area contributed by atoms with Gasteiger partial charge in [0.15, 0.2) is 0 Å². The van der Waals surface area contributed by atoms with Crippen molar-refractivity contribution in [1.82, 2.24) is 0 Å². The Bertz CT molecular complexity index is 2910. The van der Waals surface area contributed by atoms with Crippen LogP contribution in [0.3, 0.4) is 0 Å². The van der Waals surface area contributed by atoms with E-state index >= 15 is 0 Å². The van der Waals surface area contributed by atoms with Gasteiger partial charge in [-0.05, 0) is 111 Å². The monoisotopic (exact) mass is 632 g/mol. The van der Waals surface area contributed by atoms with Crippen molar-refractivity contribution in [3.63, 3.8) is 0 Å². The van der Waals surface area contributed by atoms with Crippen molar-refractivity contribution < 1.29 is 0 Å². The molecule has 0 amide bonds. The summed E-state index contributed by atoms with van der Waals surface area (Å²) in [7, 11) is 0. The molecule has 50 heavy (non-hydrogen) atoms. The van der Waals surface area contributed by atoms with E-state index < -0.39 is 0 Å². The molecule has 0 heteroatoms. The first-order valence-corrected chi connectivity index (χ1v) is 17.4. The largest absolute Gasteiger partial charge is 0.0622 e. The van der Waals surface area contributed by atoms with Crippen molar-refractivity contribution in [2.75, 3.05) is 0 Å². The van der Waals surface area contributed by atoms with E-state index in [0.717, 1.165) is 0 Å². The van der Waals surface area contributed by atoms with Gasteiger partial charge in [0, 0.05) is 0 Å². The van der Waals surface area contributed by atoms with Crippen molar-refractivity contribution in [1.29, 1.82) is 0 Å². The van der Waals surface area contributed by atoms with Gasteiger partial charge in [-0.25, -0.2) is 0 Å². The molecule has 0 aliphatic rings. The van der Waals surface area contributed by atoms with Crippen LogP contribution in [0.15, 0.2) is 194 Å². The maximum absolute atomic E-state index is 2.45.